The fourth-order valence-electron chi connectivity index (χ4n) is 6.96. The maximum Gasteiger partial charge on any atom is 0.335 e. The summed E-state index contributed by atoms with van der Waals surface area (Å²) in [6.45, 7) is 5.05. The van der Waals surface area contributed by atoms with Crippen LogP contribution >= 0.6 is 0 Å². The van der Waals surface area contributed by atoms with E-state index in [2.05, 4.69) is 65.5 Å². The fraction of sp³-hybridized carbons (Fsp3) is 0.295. The van der Waals surface area contributed by atoms with Crippen molar-refractivity contribution in [2.24, 2.45) is 4.99 Å². The summed E-state index contributed by atoms with van der Waals surface area (Å²) in [5, 5.41) is 24.7. The summed E-state index contributed by atoms with van der Waals surface area (Å²) in [6.07, 6.45) is 17.0. The van der Waals surface area contributed by atoms with Gasteiger partial charge in [-0.25, -0.2) is 14.6 Å². The van der Waals surface area contributed by atoms with E-state index in [1.165, 1.54) is 18.4 Å². The topological polar surface area (TPSA) is 131 Å². The van der Waals surface area contributed by atoms with Crippen LogP contribution in [0.1, 0.15) is 121 Å². The molecule has 5 N–H and O–H groups in total. The Morgan fingerprint density at radius 3 is 1.92 bits per heavy atom. The number of aromatic nitrogens is 2. The molecule has 0 saturated heterocycles. The first-order chi connectivity index (χ1) is 25.4. The highest BCUT2D eigenvalue weighted by Crippen LogP contribution is 2.33. The van der Waals surface area contributed by atoms with Gasteiger partial charge >= 0.3 is 11.9 Å². The largest absolute Gasteiger partial charge is 0.478 e. The Hall–Kier alpha value is -5.63. The molecule has 0 unspecified atom stereocenters. The Morgan fingerprint density at radius 2 is 1.27 bits per heavy atom. The number of carboxylic acid groups (broad SMARTS) is 2. The number of allylic oxidation sites excluding steroid dienone is 3. The zero-order valence-corrected chi connectivity index (χ0v) is 30.1. The van der Waals surface area contributed by atoms with Gasteiger partial charge in [0, 0.05) is 51.6 Å². The number of H-pyrrole nitrogens is 2. The molecule has 0 radical (unpaired) electrons. The van der Waals surface area contributed by atoms with Crippen molar-refractivity contribution in [3.05, 3.63) is 141 Å². The fourth-order valence-corrected chi connectivity index (χ4v) is 6.96. The Balaban J connectivity index is 1.55. The molecule has 0 spiro atoms. The van der Waals surface area contributed by atoms with Crippen molar-refractivity contribution in [3.8, 4) is 0 Å². The molecule has 2 aliphatic heterocycles. The van der Waals surface area contributed by atoms with E-state index in [1.807, 2.05) is 30.5 Å². The highest BCUT2D eigenvalue weighted by molar-refractivity contribution is 6.30. The number of hydrogen-bond donors (Lipinski definition) is 5. The number of carbonyl (C=O) groups is 2. The van der Waals surface area contributed by atoms with E-state index in [-0.39, 0.29) is 11.1 Å². The summed E-state index contributed by atoms with van der Waals surface area (Å²) >= 11 is 0. The second-order valence-electron chi connectivity index (χ2n) is 13.6. The van der Waals surface area contributed by atoms with Gasteiger partial charge < -0.3 is 25.5 Å². The zero-order chi connectivity index (χ0) is 36.5. The summed E-state index contributed by atoms with van der Waals surface area (Å²) in [4.78, 5) is 36.1. The van der Waals surface area contributed by atoms with E-state index >= 15 is 0 Å². The normalized spacial score (nSPS) is 17.8. The average molecular weight is 697 g/mol. The number of benzene rings is 2. The molecular weight excluding hydrogens is 649 g/mol. The molecule has 4 heterocycles. The van der Waals surface area contributed by atoms with Crippen molar-refractivity contribution in [2.45, 2.75) is 78.1 Å². The van der Waals surface area contributed by atoms with Crippen molar-refractivity contribution >= 4 is 39.9 Å². The van der Waals surface area contributed by atoms with Gasteiger partial charge in [0.25, 0.3) is 0 Å². The van der Waals surface area contributed by atoms with Crippen molar-refractivity contribution in [3.63, 3.8) is 0 Å². The number of nitrogens with zero attached hydrogens (tertiary/aromatic N) is 1. The third kappa shape index (κ3) is 8.45. The molecule has 52 heavy (non-hydrogen) atoms. The van der Waals surface area contributed by atoms with Gasteiger partial charge in [0.1, 0.15) is 0 Å². The molecule has 0 fully saturated rings. The van der Waals surface area contributed by atoms with E-state index in [1.54, 1.807) is 24.3 Å². The Labute approximate surface area is 305 Å². The van der Waals surface area contributed by atoms with Crippen LogP contribution in [0.3, 0.4) is 0 Å². The monoisotopic (exact) mass is 696 g/mol. The van der Waals surface area contributed by atoms with Crippen molar-refractivity contribution < 1.29 is 19.8 Å². The molecule has 6 bridgehead atoms. The molecule has 0 atom stereocenters. The Morgan fingerprint density at radius 1 is 0.654 bits per heavy atom. The molecule has 2 aromatic heterocycles. The number of aromatic carboxylic acids is 2. The minimum Gasteiger partial charge on any atom is -0.478 e. The molecular formula is C44H48N4O4. The molecule has 6 rings (SSSR count). The predicted octanol–water partition coefficient (Wildman–Crippen LogP) is 8.44. The Bertz CT molecular complexity index is 2160. The quantitative estimate of drug-likeness (QED) is 0.0845. The van der Waals surface area contributed by atoms with Gasteiger partial charge in [0.05, 0.1) is 22.5 Å². The number of aliphatic imine (C=N–C) groups is 1. The van der Waals surface area contributed by atoms with E-state index in [0.29, 0.717) is 6.54 Å². The van der Waals surface area contributed by atoms with Gasteiger partial charge in [-0.15, -0.1) is 0 Å². The summed E-state index contributed by atoms with van der Waals surface area (Å²) < 4.78 is 0. The lowest BCUT2D eigenvalue weighted by Crippen LogP contribution is -2.22. The summed E-state index contributed by atoms with van der Waals surface area (Å²) in [5.41, 5.74) is 10.2. The van der Waals surface area contributed by atoms with Crippen LogP contribution in [0.4, 0.5) is 0 Å². The Kier molecular flexibility index (Phi) is 11.9. The maximum atomic E-state index is 11.7. The molecule has 268 valence electrons. The first-order valence-electron chi connectivity index (χ1n) is 18.6. The number of aromatic amines is 2. The minimum atomic E-state index is -0.956. The van der Waals surface area contributed by atoms with Crippen LogP contribution in [0.2, 0.25) is 0 Å². The number of nitrogens with one attached hydrogen (secondary N) is 3. The smallest absolute Gasteiger partial charge is 0.335 e. The van der Waals surface area contributed by atoms with Gasteiger partial charge in [-0.3, -0.25) is 0 Å². The van der Waals surface area contributed by atoms with Gasteiger partial charge in [-0.05, 0) is 103 Å². The van der Waals surface area contributed by atoms with E-state index < -0.39 is 11.9 Å². The summed E-state index contributed by atoms with van der Waals surface area (Å²) in [6, 6.07) is 22.5. The van der Waals surface area contributed by atoms with Crippen LogP contribution in [0, 0.1) is 0 Å². The average Bonchev–Trinajstić information content (AvgIpc) is 3.94. The molecule has 8 nitrogen and oxygen atoms in total. The van der Waals surface area contributed by atoms with Crippen LogP contribution in [-0.2, 0) is 0 Å². The second kappa shape index (κ2) is 17.1. The molecule has 0 aliphatic carbocycles. The van der Waals surface area contributed by atoms with Crippen LogP contribution < -0.4 is 16.0 Å². The first kappa shape index (κ1) is 36.2. The van der Waals surface area contributed by atoms with Crippen molar-refractivity contribution in [2.75, 3.05) is 6.54 Å². The number of hydrogen-bond acceptors (Lipinski definition) is 4. The van der Waals surface area contributed by atoms with Crippen molar-refractivity contribution in [1.82, 2.24) is 15.3 Å². The van der Waals surface area contributed by atoms with Gasteiger partial charge in [-0.1, -0.05) is 76.6 Å². The van der Waals surface area contributed by atoms with Crippen LogP contribution in [0.25, 0.3) is 22.3 Å². The molecule has 0 amide bonds. The third-order valence-corrected chi connectivity index (χ3v) is 9.88. The van der Waals surface area contributed by atoms with E-state index in [0.717, 1.165) is 113 Å². The molecule has 4 aromatic rings. The highest BCUT2D eigenvalue weighted by atomic mass is 16.4. The van der Waals surface area contributed by atoms with Gasteiger partial charge in [-0.2, -0.15) is 0 Å². The first-order valence-corrected chi connectivity index (χ1v) is 18.6. The SMILES string of the molecule is CCCCCCC1=c2cc/c([nH]2)=C(\c2ccc(C(=O)O)cc2)C2=N/C(=C(/CCCCCC)c3ccc([nH]3)/C(c3ccc(C(=O)O)cc3)=C\NC1)C=C2. The van der Waals surface area contributed by atoms with Gasteiger partial charge in [0.2, 0.25) is 0 Å². The zero-order valence-electron chi connectivity index (χ0n) is 30.1. The van der Waals surface area contributed by atoms with E-state index in [4.69, 9.17) is 4.99 Å². The van der Waals surface area contributed by atoms with Crippen molar-refractivity contribution in [1.29, 1.82) is 0 Å². The van der Waals surface area contributed by atoms with Crippen LogP contribution in [0.5, 0.6) is 0 Å². The van der Waals surface area contributed by atoms with E-state index in [9.17, 15) is 19.8 Å². The minimum absolute atomic E-state index is 0.241. The summed E-state index contributed by atoms with van der Waals surface area (Å²) in [7, 11) is 0. The highest BCUT2D eigenvalue weighted by Gasteiger charge is 2.20. The second-order valence-corrected chi connectivity index (χ2v) is 13.6. The number of carboxylic acids is 2. The lowest BCUT2D eigenvalue weighted by molar-refractivity contribution is 0.0686. The van der Waals surface area contributed by atoms with Crippen LogP contribution in [-0.4, -0.2) is 44.4 Å². The predicted molar refractivity (Wildman–Crippen MR) is 210 cm³/mol. The van der Waals surface area contributed by atoms with Gasteiger partial charge in [0.15, 0.2) is 0 Å². The lowest BCUT2D eigenvalue weighted by Gasteiger charge is -2.12. The number of unbranched alkanes of at least 4 members (excludes halogenated alkanes) is 6. The molecule has 2 aromatic carbocycles. The number of fused-ring (bicyclic) bond motifs is 5. The standard InChI is InChI=1S/C44H48N4O4/c1-3-5-7-9-11-33-27-45-28-35(29-13-17-31(18-14-29)43(49)50)39-23-22-37(47-39)34(12-10-8-6-4-2)38-24-26-41(48-38)42(40-25-21-36(33)46-40)30-15-19-32(20-16-30)44(51)52/h13-26,28,45-47H,3-12,27H2,1-2H3,(H,49,50)(H,51,52)/b35-28-,36-33?,38-34-,42-40-. The van der Waals surface area contributed by atoms with Crippen LogP contribution in [0.15, 0.2) is 102 Å². The molecule has 8 heteroatoms. The third-order valence-electron chi connectivity index (χ3n) is 9.88. The number of rotatable bonds is 14. The lowest BCUT2D eigenvalue weighted by atomic mass is 9.99. The molecule has 0 saturated carbocycles. The summed E-state index contributed by atoms with van der Waals surface area (Å²) in [5.74, 6) is -1.91. The molecule has 2 aliphatic rings. The maximum absolute atomic E-state index is 11.7.